The molecule has 1 aromatic rings. The smallest absolute Gasteiger partial charge is 0.330 e. The third kappa shape index (κ3) is 9.17. The number of unbranched alkanes of at least 4 members (excludes halogenated alkanes) is 1. The van der Waals surface area contributed by atoms with E-state index in [4.69, 9.17) is 17.0 Å². The predicted octanol–water partition coefficient (Wildman–Crippen LogP) is 4.26. The Bertz CT molecular complexity index is 746. The highest BCUT2D eigenvalue weighted by Crippen LogP contribution is 2.21. The molecule has 1 amide bonds. The first kappa shape index (κ1) is 24.2. The summed E-state index contributed by atoms with van der Waals surface area (Å²) in [4.78, 5) is 25.2. The number of nitrogens with one attached hydrogen (secondary N) is 1. The van der Waals surface area contributed by atoms with Crippen molar-refractivity contribution >= 4 is 45.9 Å². The first-order valence-corrected chi connectivity index (χ1v) is 11.6. The van der Waals surface area contributed by atoms with Gasteiger partial charge in [0.1, 0.15) is 10.1 Å². The molecule has 0 aliphatic carbocycles. The Labute approximate surface area is 188 Å². The van der Waals surface area contributed by atoms with Crippen molar-refractivity contribution in [3.8, 4) is 5.75 Å². The SMILES string of the molecule is COC(=O)/C=C/C(=O)Nc1cccc(OCCCCSC(=S)N2CCC(C)CC2)c1. The molecule has 0 spiro atoms. The molecule has 1 heterocycles. The van der Waals surface area contributed by atoms with E-state index >= 15 is 0 Å². The number of likely N-dealkylation sites (tertiary alicyclic amines) is 1. The molecule has 1 aromatic carbocycles. The number of benzene rings is 1. The summed E-state index contributed by atoms with van der Waals surface area (Å²) < 4.78 is 11.3. The molecule has 0 aromatic heterocycles. The van der Waals surface area contributed by atoms with Crippen LogP contribution in [0.5, 0.6) is 5.75 Å². The van der Waals surface area contributed by atoms with Crippen LogP contribution in [-0.2, 0) is 14.3 Å². The third-order valence-electron chi connectivity index (χ3n) is 4.75. The van der Waals surface area contributed by atoms with Crippen molar-refractivity contribution in [2.45, 2.75) is 32.6 Å². The quantitative estimate of drug-likeness (QED) is 0.261. The van der Waals surface area contributed by atoms with Crippen molar-refractivity contribution < 1.29 is 19.1 Å². The van der Waals surface area contributed by atoms with Crippen molar-refractivity contribution in [3.63, 3.8) is 0 Å². The molecule has 0 saturated carbocycles. The molecular formula is C22H30N2O4S2. The molecular weight excluding hydrogens is 420 g/mol. The van der Waals surface area contributed by atoms with Crippen LogP contribution in [0.25, 0.3) is 0 Å². The minimum atomic E-state index is -0.577. The summed E-state index contributed by atoms with van der Waals surface area (Å²) in [6, 6.07) is 7.17. The van der Waals surface area contributed by atoms with Crippen LogP contribution in [0.15, 0.2) is 36.4 Å². The Morgan fingerprint density at radius 3 is 2.77 bits per heavy atom. The van der Waals surface area contributed by atoms with Gasteiger partial charge in [0.25, 0.3) is 0 Å². The second kappa shape index (κ2) is 13.3. The zero-order valence-electron chi connectivity index (χ0n) is 17.6. The highest BCUT2D eigenvalue weighted by molar-refractivity contribution is 8.22. The van der Waals surface area contributed by atoms with Gasteiger partial charge in [0.05, 0.1) is 13.7 Å². The van der Waals surface area contributed by atoms with Crippen LogP contribution in [-0.4, -0.2) is 53.7 Å². The summed E-state index contributed by atoms with van der Waals surface area (Å²) in [5.41, 5.74) is 0.601. The molecule has 0 atom stereocenters. The number of hydrogen-bond donors (Lipinski definition) is 1. The number of rotatable bonds is 9. The average molecular weight is 451 g/mol. The molecule has 1 N–H and O–H groups in total. The lowest BCUT2D eigenvalue weighted by molar-refractivity contribution is -0.135. The van der Waals surface area contributed by atoms with E-state index < -0.39 is 11.9 Å². The normalized spacial score (nSPS) is 14.5. The van der Waals surface area contributed by atoms with Crippen molar-refractivity contribution in [2.75, 3.05) is 37.9 Å². The van der Waals surface area contributed by atoms with Gasteiger partial charge in [-0.25, -0.2) is 4.79 Å². The summed E-state index contributed by atoms with van der Waals surface area (Å²) in [7, 11) is 1.26. The maximum atomic E-state index is 11.8. The molecule has 30 heavy (non-hydrogen) atoms. The minimum absolute atomic E-state index is 0.409. The largest absolute Gasteiger partial charge is 0.494 e. The summed E-state index contributed by atoms with van der Waals surface area (Å²) in [6.07, 6.45) is 6.64. The maximum Gasteiger partial charge on any atom is 0.330 e. The van der Waals surface area contributed by atoms with E-state index in [-0.39, 0.29) is 0 Å². The number of hydrogen-bond acceptors (Lipinski definition) is 6. The highest BCUT2D eigenvalue weighted by Gasteiger charge is 2.17. The monoisotopic (exact) mass is 450 g/mol. The molecule has 1 saturated heterocycles. The molecule has 2 rings (SSSR count). The number of thioether (sulfide) groups is 1. The van der Waals surface area contributed by atoms with E-state index in [9.17, 15) is 9.59 Å². The van der Waals surface area contributed by atoms with E-state index in [1.54, 1.807) is 23.9 Å². The molecule has 164 valence electrons. The maximum absolute atomic E-state index is 11.8. The molecule has 8 heteroatoms. The second-order valence-electron chi connectivity index (χ2n) is 7.21. The predicted molar refractivity (Wildman–Crippen MR) is 126 cm³/mol. The lowest BCUT2D eigenvalue weighted by atomic mass is 10.00. The molecule has 0 bridgehead atoms. The minimum Gasteiger partial charge on any atom is -0.494 e. The fourth-order valence-electron chi connectivity index (χ4n) is 2.90. The summed E-state index contributed by atoms with van der Waals surface area (Å²) in [6.45, 7) is 5.08. The van der Waals surface area contributed by atoms with Crippen LogP contribution < -0.4 is 10.1 Å². The van der Waals surface area contributed by atoms with Crippen LogP contribution in [0.4, 0.5) is 5.69 Å². The van der Waals surface area contributed by atoms with E-state index in [0.717, 1.165) is 54.1 Å². The summed E-state index contributed by atoms with van der Waals surface area (Å²) >= 11 is 7.31. The van der Waals surface area contributed by atoms with Crippen molar-refractivity contribution in [3.05, 3.63) is 36.4 Å². The van der Waals surface area contributed by atoms with Crippen LogP contribution in [0.3, 0.4) is 0 Å². The van der Waals surface area contributed by atoms with Crippen LogP contribution in [0.2, 0.25) is 0 Å². The van der Waals surface area contributed by atoms with Gasteiger partial charge in [0.2, 0.25) is 5.91 Å². The van der Waals surface area contributed by atoms with Crippen molar-refractivity contribution in [1.82, 2.24) is 4.90 Å². The number of carbonyl (C=O) groups excluding carboxylic acids is 2. The number of nitrogens with zero attached hydrogens (tertiary/aromatic N) is 1. The Balaban J connectivity index is 1.62. The van der Waals surface area contributed by atoms with Crippen LogP contribution in [0.1, 0.15) is 32.6 Å². The summed E-state index contributed by atoms with van der Waals surface area (Å²) in [5.74, 6) is 1.52. The standard InChI is InChI=1S/C22H30N2O4S2/c1-17-10-12-24(13-11-17)22(29)30-15-4-3-14-28-19-7-5-6-18(16-19)23-20(25)8-9-21(26)27-2/h5-9,16-17H,3-4,10-15H2,1-2H3,(H,23,25)/b9-8+. The van der Waals surface area contributed by atoms with E-state index in [0.29, 0.717) is 18.0 Å². The fourth-order valence-corrected chi connectivity index (χ4v) is 4.22. The van der Waals surface area contributed by atoms with Gasteiger partial charge < -0.3 is 19.7 Å². The zero-order chi connectivity index (χ0) is 21.8. The van der Waals surface area contributed by atoms with Crippen molar-refractivity contribution in [1.29, 1.82) is 0 Å². The van der Waals surface area contributed by atoms with Gasteiger partial charge in [-0.1, -0.05) is 37.0 Å². The van der Waals surface area contributed by atoms with E-state index in [1.807, 2.05) is 12.1 Å². The van der Waals surface area contributed by atoms with E-state index in [1.165, 1.54) is 20.0 Å². The molecule has 0 radical (unpaired) electrons. The van der Waals surface area contributed by atoms with Gasteiger partial charge in [-0.15, -0.1) is 0 Å². The Hall–Kier alpha value is -2.06. The Kier molecular flexibility index (Phi) is 10.7. The van der Waals surface area contributed by atoms with Gasteiger partial charge >= 0.3 is 5.97 Å². The van der Waals surface area contributed by atoms with Gasteiger partial charge in [0, 0.05) is 42.7 Å². The van der Waals surface area contributed by atoms with E-state index in [2.05, 4.69) is 21.9 Å². The molecule has 0 unspecified atom stereocenters. The lowest BCUT2D eigenvalue weighted by Gasteiger charge is -2.31. The Morgan fingerprint density at radius 2 is 2.03 bits per heavy atom. The number of ether oxygens (including phenoxy) is 2. The highest BCUT2D eigenvalue weighted by atomic mass is 32.2. The summed E-state index contributed by atoms with van der Waals surface area (Å²) in [5, 5.41) is 2.68. The third-order valence-corrected chi connectivity index (χ3v) is 6.36. The molecule has 1 aliphatic rings. The van der Waals surface area contributed by atoms with Gasteiger partial charge in [-0.2, -0.15) is 0 Å². The molecule has 1 fully saturated rings. The lowest BCUT2D eigenvalue weighted by Crippen LogP contribution is -2.35. The van der Waals surface area contributed by atoms with Crippen LogP contribution in [0, 0.1) is 5.92 Å². The average Bonchev–Trinajstić information content (AvgIpc) is 2.75. The molecule has 1 aliphatic heterocycles. The number of thiocarbonyl (C=S) groups is 1. The molecule has 6 nitrogen and oxygen atoms in total. The number of carbonyl (C=O) groups is 2. The number of amides is 1. The topological polar surface area (TPSA) is 67.9 Å². The number of piperidine rings is 1. The first-order chi connectivity index (χ1) is 14.5. The Morgan fingerprint density at radius 1 is 1.27 bits per heavy atom. The number of esters is 1. The van der Waals surface area contributed by atoms with Crippen molar-refractivity contribution in [2.24, 2.45) is 5.92 Å². The first-order valence-electron chi connectivity index (χ1n) is 10.2. The van der Waals surface area contributed by atoms with Gasteiger partial charge in [0.15, 0.2) is 0 Å². The van der Waals surface area contributed by atoms with Gasteiger partial charge in [-0.05, 0) is 43.7 Å². The van der Waals surface area contributed by atoms with Gasteiger partial charge in [-0.3, -0.25) is 4.79 Å². The number of methoxy groups -OCH3 is 1. The van der Waals surface area contributed by atoms with Crippen LogP contribution >= 0.6 is 24.0 Å². The zero-order valence-corrected chi connectivity index (χ0v) is 19.2. The fraction of sp³-hybridized carbons (Fsp3) is 0.500. The number of anilines is 1. The second-order valence-corrected chi connectivity index (χ2v) is 8.94.